The molecular formula is C24H28N4O3. The molecule has 0 spiro atoms. The third-order valence-corrected chi connectivity index (χ3v) is 6.26. The second kappa shape index (κ2) is 8.89. The lowest BCUT2D eigenvalue weighted by atomic mass is 9.74. The second-order valence-corrected chi connectivity index (χ2v) is 8.47. The Balaban J connectivity index is 1.40. The SMILES string of the molecule is CC(=O)Nc1ccc(CN2CCC([C@]3(Cc4ccccc4)NC(=O)NC3=O)CC2)cc1. The second-order valence-electron chi connectivity index (χ2n) is 8.47. The minimum atomic E-state index is -0.884. The summed E-state index contributed by atoms with van der Waals surface area (Å²) >= 11 is 0. The molecular weight excluding hydrogens is 392 g/mol. The molecule has 0 aliphatic carbocycles. The van der Waals surface area contributed by atoms with E-state index in [1.54, 1.807) is 0 Å². The van der Waals surface area contributed by atoms with E-state index in [0.717, 1.165) is 43.7 Å². The predicted octanol–water partition coefficient (Wildman–Crippen LogP) is 2.68. The van der Waals surface area contributed by atoms with Gasteiger partial charge in [0.05, 0.1) is 0 Å². The van der Waals surface area contributed by atoms with Crippen LogP contribution >= 0.6 is 0 Å². The van der Waals surface area contributed by atoms with Crippen molar-refractivity contribution in [2.75, 3.05) is 18.4 Å². The van der Waals surface area contributed by atoms with Crippen LogP contribution in [0.5, 0.6) is 0 Å². The summed E-state index contributed by atoms with van der Waals surface area (Å²) in [5, 5.41) is 8.21. The molecule has 2 aliphatic rings. The average molecular weight is 421 g/mol. The van der Waals surface area contributed by atoms with Crippen LogP contribution < -0.4 is 16.0 Å². The molecule has 4 amide bonds. The zero-order valence-corrected chi connectivity index (χ0v) is 17.7. The van der Waals surface area contributed by atoms with Crippen LogP contribution in [0.2, 0.25) is 0 Å². The Morgan fingerprint density at radius 1 is 1.03 bits per heavy atom. The Labute approximate surface area is 182 Å². The molecule has 162 valence electrons. The largest absolute Gasteiger partial charge is 0.326 e. The predicted molar refractivity (Wildman–Crippen MR) is 118 cm³/mol. The van der Waals surface area contributed by atoms with Gasteiger partial charge in [-0.2, -0.15) is 0 Å². The van der Waals surface area contributed by atoms with E-state index >= 15 is 0 Å². The molecule has 2 heterocycles. The van der Waals surface area contributed by atoms with E-state index < -0.39 is 11.6 Å². The summed E-state index contributed by atoms with van der Waals surface area (Å²) in [5.74, 6) is -0.215. The maximum atomic E-state index is 12.9. The maximum absolute atomic E-state index is 12.9. The first-order valence-electron chi connectivity index (χ1n) is 10.7. The fourth-order valence-corrected chi connectivity index (χ4v) is 4.72. The number of hydrogen-bond donors (Lipinski definition) is 3. The number of benzene rings is 2. The van der Waals surface area contributed by atoms with E-state index in [1.807, 2.05) is 54.6 Å². The number of hydrogen-bond acceptors (Lipinski definition) is 4. The summed E-state index contributed by atoms with van der Waals surface area (Å²) < 4.78 is 0. The fourth-order valence-electron chi connectivity index (χ4n) is 4.72. The molecule has 0 unspecified atom stereocenters. The van der Waals surface area contributed by atoms with E-state index in [-0.39, 0.29) is 17.7 Å². The highest BCUT2D eigenvalue weighted by Gasteiger charge is 2.52. The number of piperidine rings is 1. The minimum absolute atomic E-state index is 0.0811. The fraction of sp³-hybridized carbons (Fsp3) is 0.375. The number of imide groups is 1. The standard InChI is InChI=1S/C24H28N4O3/c1-17(29)25-21-9-7-19(8-10-21)16-28-13-11-20(12-14-28)24(22(30)26-23(31)27-24)15-18-5-3-2-4-6-18/h2-10,20H,11-16H2,1H3,(H,25,29)(H2,26,27,30,31)/t24-/m0/s1. The van der Waals surface area contributed by atoms with E-state index in [4.69, 9.17) is 0 Å². The van der Waals surface area contributed by atoms with Crippen molar-refractivity contribution in [3.8, 4) is 0 Å². The Bertz CT molecular complexity index is 953. The van der Waals surface area contributed by atoms with Crippen LogP contribution in [0, 0.1) is 5.92 Å². The molecule has 2 aromatic carbocycles. The van der Waals surface area contributed by atoms with Crippen LogP contribution in [0.3, 0.4) is 0 Å². The molecule has 7 heteroatoms. The molecule has 3 N–H and O–H groups in total. The van der Waals surface area contributed by atoms with Crippen LogP contribution in [-0.2, 0) is 22.6 Å². The normalized spacial score (nSPS) is 22.1. The number of nitrogens with zero attached hydrogens (tertiary/aromatic N) is 1. The van der Waals surface area contributed by atoms with Crippen molar-refractivity contribution in [2.45, 2.75) is 38.3 Å². The lowest BCUT2D eigenvalue weighted by Gasteiger charge is -2.40. The Kier molecular flexibility index (Phi) is 6.04. The average Bonchev–Trinajstić information content (AvgIpc) is 3.04. The van der Waals surface area contributed by atoms with Gasteiger partial charge in [0.1, 0.15) is 5.54 Å². The van der Waals surface area contributed by atoms with Crippen molar-refractivity contribution < 1.29 is 14.4 Å². The van der Waals surface area contributed by atoms with Gasteiger partial charge in [-0.05, 0) is 55.1 Å². The summed E-state index contributed by atoms with van der Waals surface area (Å²) in [5.41, 5.74) is 2.13. The van der Waals surface area contributed by atoms with E-state index in [2.05, 4.69) is 20.9 Å². The Morgan fingerprint density at radius 2 is 1.71 bits per heavy atom. The first kappa shape index (κ1) is 21.1. The van der Waals surface area contributed by atoms with Gasteiger partial charge in [0.25, 0.3) is 5.91 Å². The van der Waals surface area contributed by atoms with Crippen molar-refractivity contribution >= 4 is 23.5 Å². The van der Waals surface area contributed by atoms with Crippen molar-refractivity contribution in [1.29, 1.82) is 0 Å². The number of anilines is 1. The molecule has 2 fully saturated rings. The zero-order valence-electron chi connectivity index (χ0n) is 17.7. The van der Waals surface area contributed by atoms with Crippen molar-refractivity contribution in [3.05, 3.63) is 65.7 Å². The first-order valence-corrected chi connectivity index (χ1v) is 10.7. The topological polar surface area (TPSA) is 90.5 Å². The summed E-state index contributed by atoms with van der Waals surface area (Å²) in [6.07, 6.45) is 2.18. The monoisotopic (exact) mass is 420 g/mol. The molecule has 0 aromatic heterocycles. The van der Waals surface area contributed by atoms with Gasteiger partial charge in [-0.3, -0.25) is 19.8 Å². The van der Waals surface area contributed by atoms with Crippen molar-refractivity contribution in [3.63, 3.8) is 0 Å². The molecule has 2 aliphatic heterocycles. The van der Waals surface area contributed by atoms with Crippen molar-refractivity contribution in [1.82, 2.24) is 15.5 Å². The number of carbonyl (C=O) groups excluding carboxylic acids is 3. The highest BCUT2D eigenvalue weighted by atomic mass is 16.2. The maximum Gasteiger partial charge on any atom is 0.322 e. The zero-order chi connectivity index (χ0) is 21.8. The number of amides is 4. The number of nitrogens with one attached hydrogen (secondary N) is 3. The van der Waals surface area contributed by atoms with E-state index in [1.165, 1.54) is 12.5 Å². The lowest BCUT2D eigenvalue weighted by Crippen LogP contribution is -2.57. The minimum Gasteiger partial charge on any atom is -0.326 e. The summed E-state index contributed by atoms with van der Waals surface area (Å²) in [4.78, 5) is 38.4. The van der Waals surface area contributed by atoms with Gasteiger partial charge in [-0.1, -0.05) is 42.5 Å². The number of carbonyl (C=O) groups is 3. The van der Waals surface area contributed by atoms with E-state index in [0.29, 0.717) is 6.42 Å². The third-order valence-electron chi connectivity index (χ3n) is 6.26. The Morgan fingerprint density at radius 3 is 2.29 bits per heavy atom. The quantitative estimate of drug-likeness (QED) is 0.627. The van der Waals surface area contributed by atoms with Crippen LogP contribution in [-0.4, -0.2) is 41.4 Å². The molecule has 7 nitrogen and oxygen atoms in total. The molecule has 1 atom stereocenters. The van der Waals surface area contributed by atoms with Gasteiger partial charge in [0, 0.05) is 25.6 Å². The third kappa shape index (κ3) is 4.77. The van der Waals surface area contributed by atoms with E-state index in [9.17, 15) is 14.4 Å². The summed E-state index contributed by atoms with van der Waals surface area (Å²) in [6.45, 7) is 4.03. The van der Waals surface area contributed by atoms with Crippen LogP contribution in [0.25, 0.3) is 0 Å². The molecule has 0 saturated carbocycles. The van der Waals surface area contributed by atoms with Crippen LogP contribution in [0.1, 0.15) is 30.9 Å². The highest BCUT2D eigenvalue weighted by Crippen LogP contribution is 2.34. The molecule has 31 heavy (non-hydrogen) atoms. The van der Waals surface area contributed by atoms with Gasteiger partial charge >= 0.3 is 6.03 Å². The molecule has 0 bridgehead atoms. The lowest BCUT2D eigenvalue weighted by molar-refractivity contribution is -0.126. The molecule has 4 rings (SSSR count). The number of rotatable bonds is 6. The summed E-state index contributed by atoms with van der Waals surface area (Å²) in [6, 6.07) is 17.3. The van der Waals surface area contributed by atoms with Gasteiger partial charge < -0.3 is 10.6 Å². The first-order chi connectivity index (χ1) is 14.9. The van der Waals surface area contributed by atoms with Gasteiger partial charge in [0.2, 0.25) is 5.91 Å². The van der Waals surface area contributed by atoms with Gasteiger partial charge in [0.15, 0.2) is 0 Å². The smallest absolute Gasteiger partial charge is 0.322 e. The van der Waals surface area contributed by atoms with Crippen molar-refractivity contribution in [2.24, 2.45) is 5.92 Å². The van der Waals surface area contributed by atoms with Gasteiger partial charge in [-0.25, -0.2) is 4.79 Å². The van der Waals surface area contributed by atoms with Crippen LogP contribution in [0.15, 0.2) is 54.6 Å². The van der Waals surface area contributed by atoms with Gasteiger partial charge in [-0.15, -0.1) is 0 Å². The van der Waals surface area contributed by atoms with Crippen LogP contribution in [0.4, 0.5) is 10.5 Å². The molecule has 0 radical (unpaired) electrons. The molecule has 2 saturated heterocycles. The number of likely N-dealkylation sites (tertiary alicyclic amines) is 1. The summed E-state index contributed by atoms with van der Waals surface area (Å²) in [7, 11) is 0. The number of urea groups is 1. The highest BCUT2D eigenvalue weighted by molar-refractivity contribution is 6.07. The Hall–Kier alpha value is -3.19. The molecule has 2 aromatic rings.